The number of hydrogen-bond donors (Lipinski definition) is 3. The maximum atomic E-state index is 9.45. The van der Waals surface area contributed by atoms with Gasteiger partial charge < -0.3 is 20.9 Å². The summed E-state index contributed by atoms with van der Waals surface area (Å²) in [6.07, 6.45) is 4.41. The van der Waals surface area contributed by atoms with Crippen LogP contribution >= 0.6 is 0 Å². The van der Waals surface area contributed by atoms with Crippen molar-refractivity contribution in [1.29, 1.82) is 0 Å². The predicted octanol–water partition coefficient (Wildman–Crippen LogP) is 0.493. The van der Waals surface area contributed by atoms with Gasteiger partial charge in [-0.15, -0.1) is 0 Å². The summed E-state index contributed by atoms with van der Waals surface area (Å²) in [5.41, 5.74) is 5.31. The molecule has 0 bridgehead atoms. The lowest BCUT2D eigenvalue weighted by Crippen LogP contribution is -2.33. The fourth-order valence-corrected chi connectivity index (χ4v) is 1.28. The molecule has 0 aliphatic heterocycles. The molecule has 92 valence electrons. The molecule has 0 fully saturated rings. The highest BCUT2D eigenvalue weighted by atomic mass is 16.5. The van der Waals surface area contributed by atoms with E-state index in [0.717, 1.165) is 19.6 Å². The van der Waals surface area contributed by atoms with Crippen molar-refractivity contribution >= 4 is 0 Å². The molecule has 4 heteroatoms. The second-order valence-corrected chi connectivity index (χ2v) is 3.78. The molecule has 4 nitrogen and oxygen atoms in total. The van der Waals surface area contributed by atoms with E-state index in [0.29, 0.717) is 19.7 Å². The van der Waals surface area contributed by atoms with Gasteiger partial charge in [-0.2, -0.15) is 0 Å². The average molecular weight is 218 g/mol. The van der Waals surface area contributed by atoms with Gasteiger partial charge in [-0.1, -0.05) is 26.2 Å². The fraction of sp³-hybridized carbons (Fsp3) is 1.00. The molecule has 4 N–H and O–H groups in total. The zero-order valence-corrected chi connectivity index (χ0v) is 9.87. The van der Waals surface area contributed by atoms with Crippen LogP contribution in [0.15, 0.2) is 0 Å². The number of ether oxygens (including phenoxy) is 1. The molecular weight excluding hydrogens is 192 g/mol. The molecule has 0 aromatic heterocycles. The highest BCUT2D eigenvalue weighted by molar-refractivity contribution is 4.58. The molecule has 0 aliphatic rings. The summed E-state index contributed by atoms with van der Waals surface area (Å²) in [4.78, 5) is 0. The van der Waals surface area contributed by atoms with Crippen LogP contribution in [0.2, 0.25) is 0 Å². The lowest BCUT2D eigenvalue weighted by molar-refractivity contribution is 0.0357. The van der Waals surface area contributed by atoms with Gasteiger partial charge in [0.05, 0.1) is 12.7 Å². The number of hydrogen-bond acceptors (Lipinski definition) is 4. The van der Waals surface area contributed by atoms with E-state index in [2.05, 4.69) is 12.2 Å². The normalized spacial score (nSPS) is 13.0. The number of nitrogens with one attached hydrogen (secondary N) is 1. The van der Waals surface area contributed by atoms with Gasteiger partial charge in [-0.05, 0) is 6.42 Å². The van der Waals surface area contributed by atoms with Crippen molar-refractivity contribution < 1.29 is 9.84 Å². The van der Waals surface area contributed by atoms with Crippen molar-refractivity contribution in [3.8, 4) is 0 Å². The molecular formula is C11H26N2O2. The topological polar surface area (TPSA) is 67.5 Å². The second kappa shape index (κ2) is 11.9. The van der Waals surface area contributed by atoms with E-state index in [-0.39, 0.29) is 0 Å². The van der Waals surface area contributed by atoms with Gasteiger partial charge in [-0.25, -0.2) is 0 Å². The third-order valence-electron chi connectivity index (χ3n) is 2.15. The van der Waals surface area contributed by atoms with Crippen molar-refractivity contribution in [1.82, 2.24) is 5.32 Å². The van der Waals surface area contributed by atoms with E-state index in [4.69, 9.17) is 10.5 Å². The summed E-state index contributed by atoms with van der Waals surface area (Å²) in [5.74, 6) is 0. The molecule has 0 aromatic carbocycles. The van der Waals surface area contributed by atoms with Crippen molar-refractivity contribution in [3.05, 3.63) is 0 Å². The standard InChI is InChI=1S/C11H26N2O2/c1-2-3-4-5-8-15-10-11(14)9-13-7-6-12/h11,13-14H,2-10,12H2,1H3/t11-/m0/s1. The molecule has 15 heavy (non-hydrogen) atoms. The monoisotopic (exact) mass is 218 g/mol. The first-order valence-electron chi connectivity index (χ1n) is 5.97. The molecule has 0 saturated carbocycles. The smallest absolute Gasteiger partial charge is 0.0897 e. The van der Waals surface area contributed by atoms with Crippen molar-refractivity contribution in [2.75, 3.05) is 32.8 Å². The molecule has 1 atom stereocenters. The van der Waals surface area contributed by atoms with Crippen LogP contribution in [0.5, 0.6) is 0 Å². The Kier molecular flexibility index (Phi) is 11.8. The van der Waals surface area contributed by atoms with Crippen molar-refractivity contribution in [3.63, 3.8) is 0 Å². The molecule has 0 radical (unpaired) electrons. The lowest BCUT2D eigenvalue weighted by Gasteiger charge is -2.11. The Labute approximate surface area is 93.2 Å². The maximum Gasteiger partial charge on any atom is 0.0897 e. The molecule has 0 aliphatic carbocycles. The molecule has 0 unspecified atom stereocenters. The Hall–Kier alpha value is -0.160. The van der Waals surface area contributed by atoms with Crippen molar-refractivity contribution in [2.45, 2.75) is 38.7 Å². The quantitative estimate of drug-likeness (QED) is 0.442. The van der Waals surface area contributed by atoms with Crippen LogP contribution < -0.4 is 11.1 Å². The summed E-state index contributed by atoms with van der Waals surface area (Å²) >= 11 is 0. The maximum absolute atomic E-state index is 9.45. The summed E-state index contributed by atoms with van der Waals surface area (Å²) in [7, 11) is 0. The number of unbranched alkanes of at least 4 members (excludes halogenated alkanes) is 3. The van der Waals surface area contributed by atoms with E-state index in [9.17, 15) is 5.11 Å². The second-order valence-electron chi connectivity index (χ2n) is 3.78. The van der Waals surface area contributed by atoms with Gasteiger partial charge >= 0.3 is 0 Å². The molecule has 0 saturated heterocycles. The number of rotatable bonds is 11. The number of nitrogens with two attached hydrogens (primary N) is 1. The highest BCUT2D eigenvalue weighted by Gasteiger charge is 2.02. The van der Waals surface area contributed by atoms with Gasteiger partial charge in [0, 0.05) is 26.2 Å². The zero-order chi connectivity index (χ0) is 11.4. The molecule has 0 amide bonds. The average Bonchev–Trinajstić information content (AvgIpc) is 2.23. The third-order valence-corrected chi connectivity index (χ3v) is 2.15. The first kappa shape index (κ1) is 14.8. The third kappa shape index (κ3) is 11.8. The largest absolute Gasteiger partial charge is 0.389 e. The summed E-state index contributed by atoms with van der Waals surface area (Å²) in [6, 6.07) is 0. The zero-order valence-electron chi connectivity index (χ0n) is 9.87. The Morgan fingerprint density at radius 2 is 2.13 bits per heavy atom. The van der Waals surface area contributed by atoms with E-state index >= 15 is 0 Å². The van der Waals surface area contributed by atoms with Crippen LogP contribution in [0, 0.1) is 0 Å². The van der Waals surface area contributed by atoms with Gasteiger partial charge in [0.15, 0.2) is 0 Å². The summed E-state index contributed by atoms with van der Waals surface area (Å²) < 4.78 is 5.35. The SMILES string of the molecule is CCCCCCOC[C@@H](O)CNCCN. The van der Waals surface area contributed by atoms with E-state index in [1.807, 2.05) is 0 Å². The Bertz CT molecular complexity index is 123. The first-order valence-corrected chi connectivity index (χ1v) is 5.97. The van der Waals surface area contributed by atoms with Crippen LogP contribution in [0.4, 0.5) is 0 Å². The first-order chi connectivity index (χ1) is 7.31. The number of aliphatic hydroxyl groups excluding tert-OH is 1. The van der Waals surface area contributed by atoms with Gasteiger partial charge in [0.25, 0.3) is 0 Å². The van der Waals surface area contributed by atoms with Crippen LogP contribution in [0.1, 0.15) is 32.6 Å². The fourth-order valence-electron chi connectivity index (χ4n) is 1.28. The molecule has 0 aromatic rings. The van der Waals surface area contributed by atoms with Crippen LogP contribution in [0.25, 0.3) is 0 Å². The van der Waals surface area contributed by atoms with Gasteiger partial charge in [0.1, 0.15) is 0 Å². The van der Waals surface area contributed by atoms with E-state index in [1.165, 1.54) is 19.3 Å². The van der Waals surface area contributed by atoms with E-state index in [1.54, 1.807) is 0 Å². The molecule has 0 spiro atoms. The van der Waals surface area contributed by atoms with Crippen molar-refractivity contribution in [2.24, 2.45) is 5.73 Å². The highest BCUT2D eigenvalue weighted by Crippen LogP contribution is 1.99. The Morgan fingerprint density at radius 1 is 1.33 bits per heavy atom. The Balaban J connectivity index is 3.06. The van der Waals surface area contributed by atoms with E-state index < -0.39 is 6.10 Å². The van der Waals surface area contributed by atoms with Gasteiger partial charge in [-0.3, -0.25) is 0 Å². The van der Waals surface area contributed by atoms with Crippen LogP contribution in [-0.2, 0) is 4.74 Å². The van der Waals surface area contributed by atoms with Crippen LogP contribution in [-0.4, -0.2) is 44.1 Å². The molecule has 0 heterocycles. The Morgan fingerprint density at radius 3 is 2.80 bits per heavy atom. The summed E-state index contributed by atoms with van der Waals surface area (Å²) in [5, 5.41) is 12.5. The minimum atomic E-state index is -0.414. The minimum Gasteiger partial charge on any atom is -0.389 e. The predicted molar refractivity (Wildman–Crippen MR) is 62.9 cm³/mol. The number of aliphatic hydroxyl groups is 1. The molecule has 0 rings (SSSR count). The summed E-state index contributed by atoms with van der Waals surface area (Å²) in [6.45, 7) is 5.27. The lowest BCUT2D eigenvalue weighted by atomic mass is 10.2. The minimum absolute atomic E-state index is 0.414. The van der Waals surface area contributed by atoms with Crippen LogP contribution in [0.3, 0.4) is 0 Å². The van der Waals surface area contributed by atoms with Gasteiger partial charge in [0.2, 0.25) is 0 Å².